The molecule has 2 aromatic heterocycles. The molecule has 0 saturated heterocycles. The van der Waals surface area contributed by atoms with Crippen molar-refractivity contribution in [3.63, 3.8) is 0 Å². The summed E-state index contributed by atoms with van der Waals surface area (Å²) < 4.78 is 0. The highest BCUT2D eigenvalue weighted by Gasteiger charge is 2.07. The maximum Gasteiger partial charge on any atom is 0.313 e. The van der Waals surface area contributed by atoms with Gasteiger partial charge in [-0.3, -0.25) is 9.78 Å². The Balaban J connectivity index is 2.29. The van der Waals surface area contributed by atoms with Gasteiger partial charge in [-0.05, 0) is 25.1 Å². The lowest BCUT2D eigenvalue weighted by atomic mass is 10.2. The third kappa shape index (κ3) is 3.27. The van der Waals surface area contributed by atoms with Gasteiger partial charge in [-0.2, -0.15) is 0 Å². The van der Waals surface area contributed by atoms with Crippen LogP contribution in [-0.2, 0) is 4.79 Å². The Labute approximate surface area is 108 Å². The lowest BCUT2D eigenvalue weighted by Crippen LogP contribution is -2.00. The molecule has 0 aromatic carbocycles. The number of pyridine rings is 1. The first-order valence-electron chi connectivity index (χ1n) is 5.26. The van der Waals surface area contributed by atoms with E-state index in [-0.39, 0.29) is 5.75 Å². The summed E-state index contributed by atoms with van der Waals surface area (Å²) in [7, 11) is 0. The number of aryl methyl sites for hydroxylation is 1. The van der Waals surface area contributed by atoms with Gasteiger partial charge in [0.2, 0.25) is 0 Å². The molecule has 5 nitrogen and oxygen atoms in total. The van der Waals surface area contributed by atoms with Gasteiger partial charge < -0.3 is 5.11 Å². The number of thioether (sulfide) groups is 1. The fraction of sp³-hybridized carbons (Fsp3) is 0.167. The molecule has 2 rings (SSSR count). The van der Waals surface area contributed by atoms with Crippen molar-refractivity contribution in [2.75, 3.05) is 5.75 Å². The van der Waals surface area contributed by atoms with Gasteiger partial charge in [0.25, 0.3) is 0 Å². The number of nitrogens with zero attached hydrogens (tertiary/aromatic N) is 3. The van der Waals surface area contributed by atoms with E-state index in [0.717, 1.165) is 11.3 Å². The number of rotatable bonds is 4. The van der Waals surface area contributed by atoms with Gasteiger partial charge in [0, 0.05) is 23.7 Å². The van der Waals surface area contributed by atoms with Crippen LogP contribution in [0.25, 0.3) is 11.4 Å². The lowest BCUT2D eigenvalue weighted by molar-refractivity contribution is -0.133. The summed E-state index contributed by atoms with van der Waals surface area (Å²) in [5.74, 6) is -0.279. The van der Waals surface area contributed by atoms with Crippen molar-refractivity contribution in [3.05, 3.63) is 36.3 Å². The molecule has 0 aliphatic rings. The lowest BCUT2D eigenvalue weighted by Gasteiger charge is -2.04. The molecule has 0 bridgehead atoms. The number of carbonyl (C=O) groups is 1. The zero-order valence-electron chi connectivity index (χ0n) is 9.70. The predicted molar refractivity (Wildman–Crippen MR) is 68.4 cm³/mol. The average molecular weight is 261 g/mol. The molecule has 2 heterocycles. The molecule has 0 spiro atoms. The molecule has 18 heavy (non-hydrogen) atoms. The first-order valence-corrected chi connectivity index (χ1v) is 6.24. The number of hydrogen-bond acceptors (Lipinski definition) is 5. The monoisotopic (exact) mass is 261 g/mol. The van der Waals surface area contributed by atoms with Gasteiger partial charge in [-0.25, -0.2) is 9.97 Å². The molecule has 6 heteroatoms. The van der Waals surface area contributed by atoms with Crippen molar-refractivity contribution in [1.82, 2.24) is 15.0 Å². The van der Waals surface area contributed by atoms with Crippen molar-refractivity contribution >= 4 is 17.7 Å². The first kappa shape index (κ1) is 12.5. The van der Waals surface area contributed by atoms with Crippen molar-refractivity contribution < 1.29 is 9.90 Å². The Morgan fingerprint density at radius 2 is 2.06 bits per heavy atom. The molecule has 0 unspecified atom stereocenters. The second-order valence-electron chi connectivity index (χ2n) is 3.59. The summed E-state index contributed by atoms with van der Waals surface area (Å²) in [5.41, 5.74) is 1.68. The molecule has 2 aromatic rings. The number of carboxylic acid groups (broad SMARTS) is 1. The molecule has 92 valence electrons. The molecule has 0 aliphatic heterocycles. The third-order valence-corrected chi connectivity index (χ3v) is 3.01. The quantitative estimate of drug-likeness (QED) is 0.670. The fourth-order valence-corrected chi connectivity index (χ4v) is 2.06. The molecular formula is C12H11N3O2S. The van der Waals surface area contributed by atoms with Gasteiger partial charge in [0.1, 0.15) is 5.03 Å². The number of aliphatic carboxylic acids is 1. The first-order chi connectivity index (χ1) is 8.65. The summed E-state index contributed by atoms with van der Waals surface area (Å²) in [4.78, 5) is 23.1. The van der Waals surface area contributed by atoms with E-state index in [1.54, 1.807) is 18.5 Å². The topological polar surface area (TPSA) is 76.0 Å². The maximum atomic E-state index is 10.5. The van der Waals surface area contributed by atoms with Gasteiger partial charge in [-0.1, -0.05) is 11.8 Å². The highest BCUT2D eigenvalue weighted by Crippen LogP contribution is 2.20. The van der Waals surface area contributed by atoms with Crippen LogP contribution in [0.2, 0.25) is 0 Å². The average Bonchev–Trinajstić information content (AvgIpc) is 2.37. The van der Waals surface area contributed by atoms with E-state index >= 15 is 0 Å². The third-order valence-electron chi connectivity index (χ3n) is 2.11. The van der Waals surface area contributed by atoms with Crippen LogP contribution >= 0.6 is 11.8 Å². The van der Waals surface area contributed by atoms with E-state index in [1.807, 2.05) is 19.1 Å². The summed E-state index contributed by atoms with van der Waals surface area (Å²) >= 11 is 1.19. The fourth-order valence-electron chi connectivity index (χ4n) is 1.38. The Bertz CT molecular complexity index is 561. The largest absolute Gasteiger partial charge is 0.481 e. The minimum atomic E-state index is -0.860. The van der Waals surface area contributed by atoms with Crippen LogP contribution in [-0.4, -0.2) is 31.8 Å². The number of carboxylic acids is 1. The van der Waals surface area contributed by atoms with Gasteiger partial charge in [0.15, 0.2) is 5.82 Å². The summed E-state index contributed by atoms with van der Waals surface area (Å²) in [6.07, 6.45) is 3.34. The van der Waals surface area contributed by atoms with E-state index in [4.69, 9.17) is 5.11 Å². The Hall–Kier alpha value is -1.95. The van der Waals surface area contributed by atoms with Crippen LogP contribution in [0.1, 0.15) is 5.69 Å². The number of aromatic nitrogens is 3. The van der Waals surface area contributed by atoms with Crippen LogP contribution < -0.4 is 0 Å². The molecule has 0 aliphatic carbocycles. The standard InChI is InChI=1S/C12H11N3O2S/c1-8-6-10(18-7-11(16)17)15-12(14-8)9-2-4-13-5-3-9/h2-6H,7H2,1H3,(H,16,17). The van der Waals surface area contributed by atoms with Crippen LogP contribution in [0.15, 0.2) is 35.6 Å². The van der Waals surface area contributed by atoms with Crippen molar-refractivity contribution in [2.45, 2.75) is 11.9 Å². The predicted octanol–water partition coefficient (Wildman–Crippen LogP) is 2.02. The summed E-state index contributed by atoms with van der Waals surface area (Å²) in [6.45, 7) is 1.86. The number of hydrogen-bond donors (Lipinski definition) is 1. The van der Waals surface area contributed by atoms with Gasteiger partial charge >= 0.3 is 5.97 Å². The normalized spacial score (nSPS) is 10.3. The summed E-state index contributed by atoms with van der Waals surface area (Å²) in [6, 6.07) is 5.42. The molecule has 0 saturated carbocycles. The van der Waals surface area contributed by atoms with E-state index < -0.39 is 5.97 Å². The zero-order valence-corrected chi connectivity index (χ0v) is 10.5. The van der Waals surface area contributed by atoms with E-state index in [9.17, 15) is 4.79 Å². The van der Waals surface area contributed by atoms with Crippen LogP contribution in [0.3, 0.4) is 0 Å². The minimum Gasteiger partial charge on any atom is -0.481 e. The molecule has 0 amide bonds. The van der Waals surface area contributed by atoms with Crippen molar-refractivity contribution in [1.29, 1.82) is 0 Å². The van der Waals surface area contributed by atoms with E-state index in [0.29, 0.717) is 10.9 Å². The Morgan fingerprint density at radius 3 is 2.72 bits per heavy atom. The molecule has 0 atom stereocenters. The summed E-state index contributed by atoms with van der Waals surface area (Å²) in [5, 5.41) is 9.32. The van der Waals surface area contributed by atoms with Gasteiger partial charge in [0.05, 0.1) is 5.75 Å². The highest BCUT2D eigenvalue weighted by molar-refractivity contribution is 7.99. The molecular weight excluding hydrogens is 250 g/mol. The molecule has 1 N–H and O–H groups in total. The smallest absolute Gasteiger partial charge is 0.313 e. The second-order valence-corrected chi connectivity index (χ2v) is 4.59. The highest BCUT2D eigenvalue weighted by atomic mass is 32.2. The Kier molecular flexibility index (Phi) is 3.88. The van der Waals surface area contributed by atoms with Crippen LogP contribution in [0, 0.1) is 6.92 Å². The van der Waals surface area contributed by atoms with Crippen molar-refractivity contribution in [3.8, 4) is 11.4 Å². The van der Waals surface area contributed by atoms with Crippen molar-refractivity contribution in [2.24, 2.45) is 0 Å². The van der Waals surface area contributed by atoms with Crippen LogP contribution in [0.4, 0.5) is 0 Å². The SMILES string of the molecule is Cc1cc(SCC(=O)O)nc(-c2ccncc2)n1. The maximum absolute atomic E-state index is 10.5. The van der Waals surface area contributed by atoms with Gasteiger partial charge in [-0.15, -0.1) is 0 Å². The Morgan fingerprint density at radius 1 is 1.33 bits per heavy atom. The zero-order chi connectivity index (χ0) is 13.0. The second kappa shape index (κ2) is 5.59. The van der Waals surface area contributed by atoms with E-state index in [1.165, 1.54) is 11.8 Å². The molecule has 0 fully saturated rings. The van der Waals surface area contributed by atoms with E-state index in [2.05, 4.69) is 15.0 Å². The van der Waals surface area contributed by atoms with Crippen LogP contribution in [0.5, 0.6) is 0 Å². The minimum absolute atomic E-state index is 0.00770. The molecule has 0 radical (unpaired) electrons.